The number of benzene rings is 1. The van der Waals surface area contributed by atoms with Crippen LogP contribution in [0.15, 0.2) is 22.7 Å². The van der Waals surface area contributed by atoms with Gasteiger partial charge in [0.2, 0.25) is 0 Å². The van der Waals surface area contributed by atoms with Crippen molar-refractivity contribution < 1.29 is 15.0 Å². The number of aliphatic hydroxyl groups is 1. The number of carbonyl (C=O) groups is 1. The molecule has 0 bridgehead atoms. The third kappa shape index (κ3) is 2.82. The Morgan fingerprint density at radius 3 is 2.71 bits per heavy atom. The molecular formula is C10H11BrO3. The Kier molecular flexibility index (Phi) is 3.66. The third-order valence-electron chi connectivity index (χ3n) is 1.96. The summed E-state index contributed by atoms with van der Waals surface area (Å²) in [5.41, 5.74) is 1.55. The first-order valence-electron chi connectivity index (χ1n) is 4.16. The average molecular weight is 259 g/mol. The molecule has 0 saturated carbocycles. The van der Waals surface area contributed by atoms with Gasteiger partial charge in [-0.2, -0.15) is 0 Å². The Morgan fingerprint density at radius 1 is 1.57 bits per heavy atom. The molecule has 0 heterocycles. The van der Waals surface area contributed by atoms with Crippen molar-refractivity contribution in [1.29, 1.82) is 0 Å². The second-order valence-corrected chi connectivity index (χ2v) is 4.03. The number of carboxylic acid groups (broad SMARTS) is 1. The van der Waals surface area contributed by atoms with Crippen LogP contribution in [0, 0.1) is 6.92 Å². The highest BCUT2D eigenvalue weighted by molar-refractivity contribution is 9.10. The van der Waals surface area contributed by atoms with Crippen molar-refractivity contribution in [3.8, 4) is 0 Å². The molecule has 0 aromatic heterocycles. The summed E-state index contributed by atoms with van der Waals surface area (Å²) >= 11 is 3.30. The Labute approximate surface area is 90.5 Å². The Hall–Kier alpha value is -0.870. The monoisotopic (exact) mass is 258 g/mol. The van der Waals surface area contributed by atoms with Crippen LogP contribution in [0.2, 0.25) is 0 Å². The molecule has 0 aliphatic rings. The molecular weight excluding hydrogens is 248 g/mol. The number of rotatable bonds is 3. The second kappa shape index (κ2) is 4.57. The van der Waals surface area contributed by atoms with Crippen LogP contribution < -0.4 is 0 Å². The molecule has 1 aromatic rings. The molecule has 2 N–H and O–H groups in total. The van der Waals surface area contributed by atoms with E-state index in [9.17, 15) is 9.90 Å². The van der Waals surface area contributed by atoms with Crippen molar-refractivity contribution in [3.63, 3.8) is 0 Å². The first kappa shape index (κ1) is 11.2. The van der Waals surface area contributed by atoms with Crippen LogP contribution in [0.3, 0.4) is 0 Å². The van der Waals surface area contributed by atoms with Gasteiger partial charge in [-0.15, -0.1) is 0 Å². The summed E-state index contributed by atoms with van der Waals surface area (Å²) in [7, 11) is 0. The van der Waals surface area contributed by atoms with E-state index in [4.69, 9.17) is 5.11 Å². The minimum atomic E-state index is -1.00. The minimum absolute atomic E-state index is 0.261. The van der Waals surface area contributed by atoms with Crippen LogP contribution in [-0.2, 0) is 4.79 Å². The van der Waals surface area contributed by atoms with Gasteiger partial charge in [0.25, 0.3) is 0 Å². The lowest BCUT2D eigenvalue weighted by molar-refractivity contribution is -0.139. The summed E-state index contributed by atoms with van der Waals surface area (Å²) in [6.45, 7) is 1.84. The fraction of sp³-hybridized carbons (Fsp3) is 0.300. The topological polar surface area (TPSA) is 57.5 Å². The number of aryl methyl sites for hydroxylation is 1. The lowest BCUT2D eigenvalue weighted by Crippen LogP contribution is -2.06. The molecule has 0 saturated heterocycles. The molecule has 1 atom stereocenters. The van der Waals surface area contributed by atoms with Crippen molar-refractivity contribution in [2.24, 2.45) is 0 Å². The van der Waals surface area contributed by atoms with E-state index >= 15 is 0 Å². The summed E-state index contributed by atoms with van der Waals surface area (Å²) in [6, 6.07) is 5.36. The highest BCUT2D eigenvalue weighted by Gasteiger charge is 2.13. The molecule has 14 heavy (non-hydrogen) atoms. The lowest BCUT2D eigenvalue weighted by atomic mass is 10.0. The lowest BCUT2D eigenvalue weighted by Gasteiger charge is -2.11. The predicted octanol–water partition coefficient (Wildman–Crippen LogP) is 2.27. The van der Waals surface area contributed by atoms with Gasteiger partial charge in [0, 0.05) is 4.47 Å². The van der Waals surface area contributed by atoms with Crippen molar-refractivity contribution in [1.82, 2.24) is 0 Å². The number of carboxylic acids is 1. The van der Waals surface area contributed by atoms with Crippen LogP contribution in [0.5, 0.6) is 0 Å². The zero-order chi connectivity index (χ0) is 10.7. The molecule has 0 spiro atoms. The predicted molar refractivity (Wildman–Crippen MR) is 56.1 cm³/mol. The number of aliphatic carboxylic acids is 1. The van der Waals surface area contributed by atoms with Crippen LogP contribution in [0.1, 0.15) is 23.7 Å². The summed E-state index contributed by atoms with van der Waals surface area (Å²) in [5.74, 6) is -1.00. The SMILES string of the molecule is Cc1cc(Br)ccc1[C@H](O)CC(=O)O. The second-order valence-electron chi connectivity index (χ2n) is 3.11. The molecule has 3 nitrogen and oxygen atoms in total. The standard InChI is InChI=1S/C10H11BrO3/c1-6-4-7(11)2-3-8(6)9(12)5-10(13)14/h2-4,9,12H,5H2,1H3,(H,13,14)/t9-/m1/s1. The maximum absolute atomic E-state index is 10.4. The van der Waals surface area contributed by atoms with E-state index in [0.29, 0.717) is 5.56 Å². The van der Waals surface area contributed by atoms with Gasteiger partial charge in [-0.3, -0.25) is 4.79 Å². The van der Waals surface area contributed by atoms with Gasteiger partial charge in [0.05, 0.1) is 12.5 Å². The molecule has 4 heteroatoms. The fourth-order valence-corrected chi connectivity index (χ4v) is 1.76. The Bertz CT molecular complexity index is 349. The molecule has 0 aliphatic heterocycles. The van der Waals surface area contributed by atoms with Gasteiger partial charge in [0.1, 0.15) is 0 Å². The van der Waals surface area contributed by atoms with Crippen molar-refractivity contribution in [3.05, 3.63) is 33.8 Å². The van der Waals surface area contributed by atoms with Crippen LogP contribution >= 0.6 is 15.9 Å². The Morgan fingerprint density at radius 2 is 2.21 bits per heavy atom. The van der Waals surface area contributed by atoms with Gasteiger partial charge >= 0.3 is 5.97 Å². The molecule has 1 rings (SSSR count). The normalized spacial score (nSPS) is 12.5. The zero-order valence-electron chi connectivity index (χ0n) is 7.70. The number of hydrogen-bond acceptors (Lipinski definition) is 2. The van der Waals surface area contributed by atoms with Crippen molar-refractivity contribution in [2.45, 2.75) is 19.4 Å². The van der Waals surface area contributed by atoms with Gasteiger partial charge in [0.15, 0.2) is 0 Å². The highest BCUT2D eigenvalue weighted by Crippen LogP contribution is 2.23. The van der Waals surface area contributed by atoms with E-state index in [1.54, 1.807) is 12.1 Å². The smallest absolute Gasteiger partial charge is 0.306 e. The van der Waals surface area contributed by atoms with E-state index in [0.717, 1.165) is 10.0 Å². The number of aliphatic hydroxyl groups excluding tert-OH is 1. The van der Waals surface area contributed by atoms with Crippen LogP contribution in [-0.4, -0.2) is 16.2 Å². The van der Waals surface area contributed by atoms with E-state index in [2.05, 4.69) is 15.9 Å². The van der Waals surface area contributed by atoms with Gasteiger partial charge in [-0.05, 0) is 30.2 Å². The number of halogens is 1. The quantitative estimate of drug-likeness (QED) is 0.875. The molecule has 0 amide bonds. The average Bonchev–Trinajstić information content (AvgIpc) is 2.01. The summed E-state index contributed by atoms with van der Waals surface area (Å²) in [4.78, 5) is 10.4. The van der Waals surface area contributed by atoms with Gasteiger partial charge in [-0.1, -0.05) is 22.0 Å². The van der Waals surface area contributed by atoms with Crippen LogP contribution in [0.25, 0.3) is 0 Å². The van der Waals surface area contributed by atoms with Gasteiger partial charge < -0.3 is 10.2 Å². The molecule has 0 fully saturated rings. The molecule has 1 aromatic carbocycles. The first-order chi connectivity index (χ1) is 6.50. The maximum Gasteiger partial charge on any atom is 0.306 e. The molecule has 0 unspecified atom stereocenters. The number of hydrogen-bond donors (Lipinski definition) is 2. The largest absolute Gasteiger partial charge is 0.481 e. The fourth-order valence-electron chi connectivity index (χ4n) is 1.29. The minimum Gasteiger partial charge on any atom is -0.481 e. The Balaban J connectivity index is 2.90. The first-order valence-corrected chi connectivity index (χ1v) is 4.96. The van der Waals surface area contributed by atoms with Crippen LogP contribution in [0.4, 0.5) is 0 Å². The summed E-state index contributed by atoms with van der Waals surface area (Å²) in [6.07, 6.45) is -1.19. The summed E-state index contributed by atoms with van der Waals surface area (Å²) in [5, 5.41) is 18.1. The van der Waals surface area contributed by atoms with E-state index < -0.39 is 12.1 Å². The van der Waals surface area contributed by atoms with E-state index in [-0.39, 0.29) is 6.42 Å². The molecule has 76 valence electrons. The van der Waals surface area contributed by atoms with Gasteiger partial charge in [-0.25, -0.2) is 0 Å². The van der Waals surface area contributed by atoms with E-state index in [1.807, 2.05) is 13.0 Å². The molecule has 0 radical (unpaired) electrons. The van der Waals surface area contributed by atoms with E-state index in [1.165, 1.54) is 0 Å². The highest BCUT2D eigenvalue weighted by atomic mass is 79.9. The summed E-state index contributed by atoms with van der Waals surface area (Å²) < 4.78 is 0.918. The van der Waals surface area contributed by atoms with Crippen molar-refractivity contribution in [2.75, 3.05) is 0 Å². The maximum atomic E-state index is 10.4. The molecule has 0 aliphatic carbocycles. The zero-order valence-corrected chi connectivity index (χ0v) is 9.28. The third-order valence-corrected chi connectivity index (χ3v) is 2.45. The van der Waals surface area contributed by atoms with Crippen molar-refractivity contribution >= 4 is 21.9 Å².